The van der Waals surface area contributed by atoms with E-state index >= 15 is 0 Å². The summed E-state index contributed by atoms with van der Waals surface area (Å²) >= 11 is 0. The summed E-state index contributed by atoms with van der Waals surface area (Å²) < 4.78 is 11.2. The highest BCUT2D eigenvalue weighted by molar-refractivity contribution is 5.35. The number of hydrogen-bond donors (Lipinski definition) is 2. The van der Waals surface area contributed by atoms with E-state index in [0.717, 1.165) is 37.3 Å². The van der Waals surface area contributed by atoms with Gasteiger partial charge in [-0.25, -0.2) is 0 Å². The van der Waals surface area contributed by atoms with E-state index < -0.39 is 6.10 Å². The second-order valence-corrected chi connectivity index (χ2v) is 5.53. The molecule has 1 saturated heterocycles. The summed E-state index contributed by atoms with van der Waals surface area (Å²) in [6, 6.07) is 6.05. The van der Waals surface area contributed by atoms with Crippen LogP contribution in [0.1, 0.15) is 24.0 Å². The summed E-state index contributed by atoms with van der Waals surface area (Å²) in [6.45, 7) is 6.59. The third-order valence-electron chi connectivity index (χ3n) is 3.54. The van der Waals surface area contributed by atoms with Gasteiger partial charge in [0.15, 0.2) is 0 Å². The van der Waals surface area contributed by atoms with Crippen molar-refractivity contribution >= 4 is 0 Å². The number of ether oxygens (including phenoxy) is 2. The van der Waals surface area contributed by atoms with E-state index in [1.807, 2.05) is 19.1 Å². The maximum absolute atomic E-state index is 9.90. The summed E-state index contributed by atoms with van der Waals surface area (Å²) in [6.07, 6.45) is 2.06. The third kappa shape index (κ3) is 4.78. The van der Waals surface area contributed by atoms with Crippen LogP contribution in [0, 0.1) is 13.8 Å². The molecule has 1 aromatic carbocycles. The van der Waals surface area contributed by atoms with Crippen molar-refractivity contribution in [3.05, 3.63) is 29.3 Å². The van der Waals surface area contributed by atoms with Gasteiger partial charge in [0.1, 0.15) is 18.5 Å². The minimum absolute atomic E-state index is 0.308. The molecule has 0 aliphatic carbocycles. The lowest BCUT2D eigenvalue weighted by atomic mass is 10.1. The predicted molar refractivity (Wildman–Crippen MR) is 79.3 cm³/mol. The summed E-state index contributed by atoms with van der Waals surface area (Å²) in [4.78, 5) is 0. The number of aryl methyl sites for hydroxylation is 2. The van der Waals surface area contributed by atoms with Crippen molar-refractivity contribution in [3.8, 4) is 5.75 Å². The molecule has 2 N–H and O–H groups in total. The van der Waals surface area contributed by atoms with Gasteiger partial charge in [0, 0.05) is 19.7 Å². The Labute approximate surface area is 121 Å². The van der Waals surface area contributed by atoms with Crippen LogP contribution in [0.4, 0.5) is 0 Å². The molecule has 1 fully saturated rings. The number of rotatable bonds is 7. The first-order valence-electron chi connectivity index (χ1n) is 7.35. The molecule has 0 aromatic heterocycles. The Morgan fingerprint density at radius 3 is 3.00 bits per heavy atom. The van der Waals surface area contributed by atoms with E-state index in [9.17, 15) is 5.11 Å². The Hall–Kier alpha value is -1.10. The Balaban J connectivity index is 1.65. The Kier molecular flexibility index (Phi) is 5.83. The predicted octanol–water partition coefficient (Wildman–Crippen LogP) is 1.81. The van der Waals surface area contributed by atoms with Crippen LogP contribution < -0.4 is 10.1 Å². The number of hydrogen-bond acceptors (Lipinski definition) is 4. The largest absolute Gasteiger partial charge is 0.491 e. The third-order valence-corrected chi connectivity index (χ3v) is 3.54. The monoisotopic (exact) mass is 279 g/mol. The minimum Gasteiger partial charge on any atom is -0.491 e. The van der Waals surface area contributed by atoms with Gasteiger partial charge >= 0.3 is 0 Å². The SMILES string of the molecule is Cc1ccc(OCC(O)CNCC2CCCO2)c(C)c1. The highest BCUT2D eigenvalue weighted by Gasteiger charge is 2.15. The van der Waals surface area contributed by atoms with Gasteiger partial charge < -0.3 is 19.9 Å². The molecule has 1 aliphatic heterocycles. The Morgan fingerprint density at radius 2 is 2.30 bits per heavy atom. The van der Waals surface area contributed by atoms with Gasteiger partial charge in [-0.2, -0.15) is 0 Å². The van der Waals surface area contributed by atoms with Crippen LogP contribution in [-0.2, 0) is 4.74 Å². The summed E-state index contributed by atoms with van der Waals surface area (Å²) in [7, 11) is 0. The zero-order valence-electron chi connectivity index (χ0n) is 12.4. The maximum atomic E-state index is 9.90. The summed E-state index contributed by atoms with van der Waals surface area (Å²) in [5, 5.41) is 13.1. The van der Waals surface area contributed by atoms with Crippen molar-refractivity contribution in [1.29, 1.82) is 0 Å². The Bertz CT molecular complexity index is 416. The molecule has 4 heteroatoms. The van der Waals surface area contributed by atoms with Crippen molar-refractivity contribution in [1.82, 2.24) is 5.32 Å². The topological polar surface area (TPSA) is 50.7 Å². The fourth-order valence-electron chi connectivity index (χ4n) is 2.42. The standard InChI is InChI=1S/C16H25NO3/c1-12-5-6-16(13(2)8-12)20-11-14(18)9-17-10-15-4-3-7-19-15/h5-6,8,14-15,17-18H,3-4,7,9-11H2,1-2H3. The second-order valence-electron chi connectivity index (χ2n) is 5.53. The smallest absolute Gasteiger partial charge is 0.122 e. The number of aliphatic hydroxyl groups excluding tert-OH is 1. The number of benzene rings is 1. The molecule has 1 heterocycles. The van der Waals surface area contributed by atoms with E-state index in [2.05, 4.69) is 18.3 Å². The van der Waals surface area contributed by atoms with Crippen molar-refractivity contribution in [2.24, 2.45) is 0 Å². The first kappa shape index (κ1) is 15.3. The van der Waals surface area contributed by atoms with Gasteiger partial charge in [-0.1, -0.05) is 17.7 Å². The zero-order chi connectivity index (χ0) is 14.4. The van der Waals surface area contributed by atoms with Crippen molar-refractivity contribution in [3.63, 3.8) is 0 Å². The van der Waals surface area contributed by atoms with Crippen LogP contribution >= 0.6 is 0 Å². The van der Waals surface area contributed by atoms with Crippen molar-refractivity contribution in [2.45, 2.75) is 38.9 Å². The lowest BCUT2D eigenvalue weighted by Gasteiger charge is -2.16. The van der Waals surface area contributed by atoms with Crippen LogP contribution in [0.2, 0.25) is 0 Å². The number of nitrogens with one attached hydrogen (secondary N) is 1. The molecular formula is C16H25NO3. The lowest BCUT2D eigenvalue weighted by Crippen LogP contribution is -2.35. The van der Waals surface area contributed by atoms with E-state index in [4.69, 9.17) is 9.47 Å². The molecule has 1 aliphatic rings. The van der Waals surface area contributed by atoms with Gasteiger partial charge in [0.25, 0.3) is 0 Å². The fourth-order valence-corrected chi connectivity index (χ4v) is 2.42. The van der Waals surface area contributed by atoms with Crippen LogP contribution in [0.15, 0.2) is 18.2 Å². The first-order valence-corrected chi connectivity index (χ1v) is 7.35. The number of aliphatic hydroxyl groups is 1. The average Bonchev–Trinajstić information content (AvgIpc) is 2.91. The summed E-state index contributed by atoms with van der Waals surface area (Å²) in [5.41, 5.74) is 2.32. The van der Waals surface area contributed by atoms with Gasteiger partial charge in [0.05, 0.1) is 6.10 Å². The molecule has 2 unspecified atom stereocenters. The highest BCUT2D eigenvalue weighted by Crippen LogP contribution is 2.18. The molecule has 2 atom stereocenters. The summed E-state index contributed by atoms with van der Waals surface area (Å²) in [5.74, 6) is 0.841. The fraction of sp³-hybridized carbons (Fsp3) is 0.625. The molecule has 0 saturated carbocycles. The maximum Gasteiger partial charge on any atom is 0.122 e. The Morgan fingerprint density at radius 1 is 1.45 bits per heavy atom. The molecule has 112 valence electrons. The van der Waals surface area contributed by atoms with Crippen LogP contribution in [0.25, 0.3) is 0 Å². The average molecular weight is 279 g/mol. The van der Waals surface area contributed by atoms with Gasteiger partial charge in [0.2, 0.25) is 0 Å². The van der Waals surface area contributed by atoms with Gasteiger partial charge in [-0.15, -0.1) is 0 Å². The molecule has 0 radical (unpaired) electrons. The molecule has 2 rings (SSSR count). The lowest BCUT2D eigenvalue weighted by molar-refractivity contribution is 0.0880. The van der Waals surface area contributed by atoms with Gasteiger partial charge in [-0.3, -0.25) is 0 Å². The molecule has 0 spiro atoms. The first-order chi connectivity index (χ1) is 9.65. The second kappa shape index (κ2) is 7.62. The quantitative estimate of drug-likeness (QED) is 0.799. The molecule has 20 heavy (non-hydrogen) atoms. The molecule has 0 amide bonds. The van der Waals surface area contributed by atoms with E-state index in [-0.39, 0.29) is 0 Å². The van der Waals surface area contributed by atoms with Crippen molar-refractivity contribution in [2.75, 3.05) is 26.3 Å². The minimum atomic E-state index is -0.503. The van der Waals surface area contributed by atoms with E-state index in [0.29, 0.717) is 19.3 Å². The van der Waals surface area contributed by atoms with Crippen LogP contribution in [0.5, 0.6) is 5.75 Å². The van der Waals surface area contributed by atoms with Crippen LogP contribution in [0.3, 0.4) is 0 Å². The molecular weight excluding hydrogens is 254 g/mol. The van der Waals surface area contributed by atoms with Gasteiger partial charge in [-0.05, 0) is 38.3 Å². The molecule has 1 aromatic rings. The van der Waals surface area contributed by atoms with E-state index in [1.54, 1.807) is 0 Å². The normalized spacial score (nSPS) is 20.1. The van der Waals surface area contributed by atoms with Crippen molar-refractivity contribution < 1.29 is 14.6 Å². The molecule has 0 bridgehead atoms. The van der Waals surface area contributed by atoms with E-state index in [1.165, 1.54) is 5.56 Å². The van der Waals surface area contributed by atoms with Crippen LogP contribution in [-0.4, -0.2) is 43.6 Å². The highest BCUT2D eigenvalue weighted by atomic mass is 16.5. The zero-order valence-corrected chi connectivity index (χ0v) is 12.4. The molecule has 4 nitrogen and oxygen atoms in total.